The molecule has 0 radical (unpaired) electrons. The molecule has 0 bridgehead atoms. The van der Waals surface area contributed by atoms with Crippen molar-refractivity contribution in [3.63, 3.8) is 0 Å². The maximum Gasteiger partial charge on any atom is 0.410 e. The number of rotatable bonds is 2. The summed E-state index contributed by atoms with van der Waals surface area (Å²) in [6.45, 7) is 5.72. The van der Waals surface area contributed by atoms with E-state index in [0.717, 1.165) is 0 Å². The molecule has 0 N–H and O–H groups in total. The molecule has 0 aliphatic carbocycles. The molecule has 2 aliphatic rings. The van der Waals surface area contributed by atoms with E-state index in [2.05, 4.69) is 0 Å². The molecule has 23 heavy (non-hydrogen) atoms. The van der Waals surface area contributed by atoms with Gasteiger partial charge in [-0.15, -0.1) is 0 Å². The van der Waals surface area contributed by atoms with Crippen molar-refractivity contribution in [3.8, 4) is 6.07 Å². The average molecular weight is 323 g/mol. The Bertz CT molecular complexity index is 552. The minimum Gasteiger partial charge on any atom is -0.444 e. The number of nitriles is 1. The van der Waals surface area contributed by atoms with E-state index in [1.54, 1.807) is 31.7 Å². The molecule has 2 fully saturated rings. The molecule has 0 aromatic rings. The van der Waals surface area contributed by atoms with Crippen molar-refractivity contribution in [2.45, 2.75) is 45.6 Å². The molecule has 126 valence electrons. The van der Waals surface area contributed by atoms with Crippen LogP contribution in [0.2, 0.25) is 0 Å². The molecule has 2 rings (SSSR count). The molecular weight excluding hydrogens is 302 g/mol. The molecule has 0 unspecified atom stereocenters. The number of piperidine rings is 1. The van der Waals surface area contributed by atoms with E-state index in [4.69, 9.17) is 14.8 Å². The predicted octanol–water partition coefficient (Wildman–Crippen LogP) is 1.22. The number of hydroxylamine groups is 2. The van der Waals surface area contributed by atoms with E-state index in [-0.39, 0.29) is 13.0 Å². The lowest BCUT2D eigenvalue weighted by molar-refractivity contribution is -0.187. The van der Waals surface area contributed by atoms with Gasteiger partial charge in [-0.1, -0.05) is 0 Å². The van der Waals surface area contributed by atoms with Crippen molar-refractivity contribution in [2.24, 2.45) is 5.41 Å². The molecular formula is C15H21N3O5. The number of ether oxygens (including phenoxy) is 1. The van der Waals surface area contributed by atoms with E-state index in [9.17, 15) is 14.4 Å². The number of hydrogen-bond acceptors (Lipinski definition) is 6. The summed E-state index contributed by atoms with van der Waals surface area (Å²) in [6.07, 6.45) is 0.396. The van der Waals surface area contributed by atoms with Gasteiger partial charge in [0.1, 0.15) is 5.60 Å². The zero-order valence-electron chi connectivity index (χ0n) is 13.6. The maximum atomic E-state index is 12.4. The van der Waals surface area contributed by atoms with Crippen molar-refractivity contribution < 1.29 is 24.0 Å². The molecule has 8 heteroatoms. The lowest BCUT2D eigenvalue weighted by atomic mass is 9.77. The van der Waals surface area contributed by atoms with Gasteiger partial charge >= 0.3 is 6.09 Å². The van der Waals surface area contributed by atoms with Gasteiger partial charge < -0.3 is 9.64 Å². The number of hydrogen-bond donors (Lipinski definition) is 0. The van der Waals surface area contributed by atoms with Gasteiger partial charge in [-0.2, -0.15) is 10.3 Å². The molecule has 2 saturated heterocycles. The average Bonchev–Trinajstić information content (AvgIpc) is 2.67. The van der Waals surface area contributed by atoms with Crippen LogP contribution in [0.15, 0.2) is 0 Å². The fourth-order valence-corrected chi connectivity index (χ4v) is 2.82. The Kier molecular flexibility index (Phi) is 4.61. The second kappa shape index (κ2) is 6.16. The van der Waals surface area contributed by atoms with Crippen LogP contribution in [0.5, 0.6) is 0 Å². The number of imide groups is 1. The highest BCUT2D eigenvalue weighted by Crippen LogP contribution is 2.42. The zero-order chi connectivity index (χ0) is 17.3. The first kappa shape index (κ1) is 17.2. The third-order valence-corrected chi connectivity index (χ3v) is 3.98. The minimum absolute atomic E-state index is 0.0550. The largest absolute Gasteiger partial charge is 0.444 e. The maximum absolute atomic E-state index is 12.4. The van der Waals surface area contributed by atoms with Crippen molar-refractivity contribution >= 4 is 17.9 Å². The Morgan fingerprint density at radius 1 is 1.30 bits per heavy atom. The van der Waals surface area contributed by atoms with E-state index in [0.29, 0.717) is 31.0 Å². The van der Waals surface area contributed by atoms with E-state index in [1.165, 1.54) is 0 Å². The van der Waals surface area contributed by atoms with E-state index in [1.807, 2.05) is 0 Å². The summed E-state index contributed by atoms with van der Waals surface area (Å²) in [7, 11) is 0. The molecule has 0 aromatic heterocycles. The Balaban J connectivity index is 1.98. The highest BCUT2D eigenvalue weighted by Gasteiger charge is 2.54. The normalized spacial score (nSPS) is 20.8. The van der Waals surface area contributed by atoms with Crippen LogP contribution in [0.3, 0.4) is 0 Å². The van der Waals surface area contributed by atoms with Crippen LogP contribution in [-0.2, 0) is 19.2 Å². The van der Waals surface area contributed by atoms with Crippen molar-refractivity contribution in [1.29, 1.82) is 5.26 Å². The fourth-order valence-electron chi connectivity index (χ4n) is 2.82. The lowest BCUT2D eigenvalue weighted by Gasteiger charge is -2.37. The summed E-state index contributed by atoms with van der Waals surface area (Å²) in [5.74, 6) is -0.849. The summed E-state index contributed by atoms with van der Waals surface area (Å²) < 4.78 is 5.31. The third-order valence-electron chi connectivity index (χ3n) is 3.98. The summed E-state index contributed by atoms with van der Waals surface area (Å²) in [6, 6.07) is 1.73. The number of amides is 3. The molecule has 2 aliphatic heterocycles. The topological polar surface area (TPSA) is 99.9 Å². The third kappa shape index (κ3) is 3.62. The van der Waals surface area contributed by atoms with Crippen LogP contribution in [0, 0.1) is 16.7 Å². The first-order chi connectivity index (χ1) is 10.7. The van der Waals surface area contributed by atoms with Gasteiger partial charge in [-0.05, 0) is 33.6 Å². The van der Waals surface area contributed by atoms with Crippen LogP contribution in [0.4, 0.5) is 4.79 Å². The Morgan fingerprint density at radius 3 is 2.43 bits per heavy atom. The van der Waals surface area contributed by atoms with Gasteiger partial charge in [0.15, 0.2) is 6.61 Å². The lowest BCUT2D eigenvalue weighted by Crippen LogP contribution is -2.48. The highest BCUT2D eigenvalue weighted by atomic mass is 16.7. The van der Waals surface area contributed by atoms with Crippen LogP contribution in [-0.4, -0.2) is 53.2 Å². The standard InChI is InChI=1S/C15H21N3O5/c1-14(2,3)23-13(21)17-7-4-15(5-8-17)10-11(19)18(12(15)20)22-9-6-16/h4-5,7-10H2,1-3H3. The van der Waals surface area contributed by atoms with Gasteiger partial charge in [0.2, 0.25) is 0 Å². The summed E-state index contributed by atoms with van der Waals surface area (Å²) in [5, 5.41) is 9.21. The first-order valence-electron chi connectivity index (χ1n) is 7.54. The number of carbonyl (C=O) groups excluding carboxylic acids is 3. The Hall–Kier alpha value is -2.14. The molecule has 2 heterocycles. The predicted molar refractivity (Wildman–Crippen MR) is 77.5 cm³/mol. The molecule has 8 nitrogen and oxygen atoms in total. The SMILES string of the molecule is CC(C)(C)OC(=O)N1CCC2(CC1)CC(=O)N(OCC#N)C2=O. The van der Waals surface area contributed by atoms with Crippen molar-refractivity contribution in [2.75, 3.05) is 19.7 Å². The second-order valence-corrected chi connectivity index (χ2v) is 6.85. The number of nitrogens with zero attached hydrogens (tertiary/aromatic N) is 3. The van der Waals surface area contributed by atoms with Gasteiger partial charge in [0.25, 0.3) is 11.8 Å². The first-order valence-corrected chi connectivity index (χ1v) is 7.54. The Labute approximate surface area is 134 Å². The highest BCUT2D eigenvalue weighted by molar-refractivity contribution is 6.04. The minimum atomic E-state index is -0.828. The van der Waals surface area contributed by atoms with Crippen molar-refractivity contribution in [3.05, 3.63) is 0 Å². The molecule has 1 spiro atoms. The van der Waals surface area contributed by atoms with E-state index < -0.39 is 28.9 Å². The summed E-state index contributed by atoms with van der Waals surface area (Å²) in [5.41, 5.74) is -1.40. The number of carbonyl (C=O) groups is 3. The van der Waals surface area contributed by atoms with Crippen LogP contribution in [0.25, 0.3) is 0 Å². The van der Waals surface area contributed by atoms with Crippen LogP contribution >= 0.6 is 0 Å². The molecule has 0 aromatic carbocycles. The van der Waals surface area contributed by atoms with Crippen molar-refractivity contribution in [1.82, 2.24) is 9.96 Å². The smallest absolute Gasteiger partial charge is 0.410 e. The number of likely N-dealkylation sites (tertiary alicyclic amines) is 1. The monoisotopic (exact) mass is 323 g/mol. The zero-order valence-corrected chi connectivity index (χ0v) is 13.6. The van der Waals surface area contributed by atoms with Crippen LogP contribution in [0.1, 0.15) is 40.0 Å². The van der Waals surface area contributed by atoms with Crippen LogP contribution < -0.4 is 0 Å². The summed E-state index contributed by atoms with van der Waals surface area (Å²) in [4.78, 5) is 42.9. The quantitative estimate of drug-likeness (QED) is 0.708. The second-order valence-electron chi connectivity index (χ2n) is 6.85. The molecule has 0 saturated carbocycles. The van der Waals surface area contributed by atoms with Gasteiger partial charge in [-0.25, -0.2) is 9.63 Å². The molecule has 0 atom stereocenters. The van der Waals surface area contributed by atoms with Gasteiger partial charge in [0.05, 0.1) is 11.5 Å². The Morgan fingerprint density at radius 2 is 1.91 bits per heavy atom. The van der Waals surface area contributed by atoms with Gasteiger partial charge in [0, 0.05) is 19.5 Å². The molecule has 3 amide bonds. The fraction of sp³-hybridized carbons (Fsp3) is 0.733. The summed E-state index contributed by atoms with van der Waals surface area (Å²) >= 11 is 0. The van der Waals surface area contributed by atoms with Gasteiger partial charge in [-0.3, -0.25) is 9.59 Å². The van der Waals surface area contributed by atoms with E-state index >= 15 is 0 Å².